The topological polar surface area (TPSA) is 69.9 Å². The van der Waals surface area contributed by atoms with E-state index in [1.165, 1.54) is 0 Å². The van der Waals surface area contributed by atoms with Gasteiger partial charge in [0.2, 0.25) is 0 Å². The first-order chi connectivity index (χ1) is 6.15. The van der Waals surface area contributed by atoms with Gasteiger partial charge in [0.1, 0.15) is 6.10 Å². The number of hydrogen-bond donors (Lipinski definition) is 3. The Labute approximate surface area is 79.2 Å². The van der Waals surface area contributed by atoms with Crippen LogP contribution in [0.3, 0.4) is 0 Å². The summed E-state index contributed by atoms with van der Waals surface area (Å²) in [5.41, 5.74) is 0. The summed E-state index contributed by atoms with van der Waals surface area (Å²) in [6, 6.07) is 0. The summed E-state index contributed by atoms with van der Waals surface area (Å²) in [5.74, 6) is 0. The molecule has 1 rings (SSSR count). The molecule has 1 aliphatic heterocycles. The van der Waals surface area contributed by atoms with E-state index in [2.05, 4.69) is 0 Å². The molecule has 1 saturated heterocycles. The predicted octanol–water partition coefficient (Wildman–Crippen LogP) is 0.252. The van der Waals surface area contributed by atoms with Gasteiger partial charge in [0.15, 0.2) is 6.29 Å². The van der Waals surface area contributed by atoms with Crippen LogP contribution in [0.5, 0.6) is 0 Å². The fraction of sp³-hybridized carbons (Fsp3) is 1.00. The molecule has 0 spiro atoms. The van der Waals surface area contributed by atoms with E-state index in [0.29, 0.717) is 6.42 Å². The minimum absolute atomic E-state index is 0.0949. The second kappa shape index (κ2) is 6.32. The van der Waals surface area contributed by atoms with Gasteiger partial charge in [0.05, 0.1) is 12.2 Å². The van der Waals surface area contributed by atoms with Crippen molar-refractivity contribution in [2.24, 2.45) is 0 Å². The van der Waals surface area contributed by atoms with Crippen LogP contribution in [0.2, 0.25) is 0 Å². The highest BCUT2D eigenvalue weighted by molar-refractivity contribution is 4.81. The highest BCUT2D eigenvalue weighted by atomic mass is 16.6. The zero-order valence-electron chi connectivity index (χ0n) is 8.47. The van der Waals surface area contributed by atoms with Gasteiger partial charge in [0.25, 0.3) is 0 Å². The Hall–Kier alpha value is -0.160. The molecule has 4 atom stereocenters. The summed E-state index contributed by atoms with van der Waals surface area (Å²) in [7, 11) is 0. The quantitative estimate of drug-likeness (QED) is 0.557. The summed E-state index contributed by atoms with van der Waals surface area (Å²) in [6.07, 6.45) is -2.40. The fourth-order valence-corrected chi connectivity index (χ4v) is 1.27. The van der Waals surface area contributed by atoms with Crippen molar-refractivity contribution in [2.75, 3.05) is 0 Å². The van der Waals surface area contributed by atoms with Crippen LogP contribution in [0.4, 0.5) is 0 Å². The van der Waals surface area contributed by atoms with Crippen LogP contribution >= 0.6 is 0 Å². The lowest BCUT2D eigenvalue weighted by molar-refractivity contribution is -0.232. The molecule has 80 valence electrons. The SMILES string of the molecule is CC.CCC1OC(O)CC(O)C1O. The second-order valence-corrected chi connectivity index (χ2v) is 2.83. The molecule has 4 heteroatoms. The molecule has 1 heterocycles. The molecular formula is C9H20O4. The minimum atomic E-state index is -0.932. The lowest BCUT2D eigenvalue weighted by Gasteiger charge is -2.34. The zero-order chi connectivity index (χ0) is 10.4. The van der Waals surface area contributed by atoms with Crippen LogP contribution in [-0.2, 0) is 4.74 Å². The normalized spacial score (nSPS) is 39.2. The first-order valence-electron chi connectivity index (χ1n) is 4.84. The standard InChI is InChI=1S/C7H14O4.C2H6/c1-2-5-7(10)4(8)3-6(9)11-5;1-2/h4-10H,2-3H2,1H3;1-2H3. The molecule has 13 heavy (non-hydrogen) atoms. The summed E-state index contributed by atoms with van der Waals surface area (Å²) in [5, 5.41) is 27.4. The van der Waals surface area contributed by atoms with Crippen molar-refractivity contribution in [3.63, 3.8) is 0 Å². The van der Waals surface area contributed by atoms with Crippen molar-refractivity contribution < 1.29 is 20.1 Å². The van der Waals surface area contributed by atoms with Crippen molar-refractivity contribution in [2.45, 2.75) is 58.2 Å². The molecule has 4 nitrogen and oxygen atoms in total. The lowest BCUT2D eigenvalue weighted by atomic mass is 10.00. The number of aliphatic hydroxyl groups is 3. The van der Waals surface area contributed by atoms with Crippen molar-refractivity contribution in [1.82, 2.24) is 0 Å². The maximum Gasteiger partial charge on any atom is 0.157 e. The van der Waals surface area contributed by atoms with Gasteiger partial charge in [-0.15, -0.1) is 0 Å². The van der Waals surface area contributed by atoms with Crippen molar-refractivity contribution in [1.29, 1.82) is 0 Å². The van der Waals surface area contributed by atoms with Gasteiger partial charge in [0, 0.05) is 6.42 Å². The Kier molecular flexibility index (Phi) is 6.24. The summed E-state index contributed by atoms with van der Waals surface area (Å²) >= 11 is 0. The van der Waals surface area contributed by atoms with E-state index in [0.717, 1.165) is 0 Å². The first kappa shape index (κ1) is 12.8. The molecule has 0 aliphatic carbocycles. The Morgan fingerprint density at radius 3 is 2.23 bits per heavy atom. The minimum Gasteiger partial charge on any atom is -0.390 e. The molecule has 1 aliphatic rings. The third kappa shape index (κ3) is 3.60. The average Bonchev–Trinajstić information content (AvgIpc) is 2.14. The van der Waals surface area contributed by atoms with Gasteiger partial charge in [-0.1, -0.05) is 20.8 Å². The molecule has 0 amide bonds. The molecule has 0 bridgehead atoms. The summed E-state index contributed by atoms with van der Waals surface area (Å²) in [4.78, 5) is 0. The van der Waals surface area contributed by atoms with E-state index in [1.807, 2.05) is 20.8 Å². The highest BCUT2D eigenvalue weighted by Gasteiger charge is 2.34. The van der Waals surface area contributed by atoms with Crippen LogP contribution in [0.1, 0.15) is 33.6 Å². The van der Waals surface area contributed by atoms with Gasteiger partial charge >= 0.3 is 0 Å². The predicted molar refractivity (Wildman–Crippen MR) is 49.1 cm³/mol. The fourth-order valence-electron chi connectivity index (χ4n) is 1.27. The maximum absolute atomic E-state index is 9.27. The lowest BCUT2D eigenvalue weighted by Crippen LogP contribution is -2.47. The molecule has 0 aromatic rings. The maximum atomic E-state index is 9.27. The number of rotatable bonds is 1. The Balaban J connectivity index is 0.000000671. The van der Waals surface area contributed by atoms with Gasteiger partial charge in [-0.3, -0.25) is 0 Å². The second-order valence-electron chi connectivity index (χ2n) is 2.83. The van der Waals surface area contributed by atoms with E-state index in [9.17, 15) is 5.11 Å². The molecule has 1 fully saturated rings. The number of hydrogen-bond acceptors (Lipinski definition) is 4. The van der Waals surface area contributed by atoms with Crippen molar-refractivity contribution in [3.8, 4) is 0 Å². The third-order valence-electron chi connectivity index (χ3n) is 1.95. The summed E-state index contributed by atoms with van der Waals surface area (Å²) in [6.45, 7) is 5.83. The van der Waals surface area contributed by atoms with Crippen LogP contribution in [-0.4, -0.2) is 39.9 Å². The molecule has 4 unspecified atom stereocenters. The Morgan fingerprint density at radius 1 is 1.23 bits per heavy atom. The Morgan fingerprint density at radius 2 is 1.77 bits per heavy atom. The van der Waals surface area contributed by atoms with Crippen LogP contribution in [0.25, 0.3) is 0 Å². The molecular weight excluding hydrogens is 172 g/mol. The van der Waals surface area contributed by atoms with Gasteiger partial charge in [-0.2, -0.15) is 0 Å². The average molecular weight is 192 g/mol. The van der Waals surface area contributed by atoms with Crippen LogP contribution in [0, 0.1) is 0 Å². The third-order valence-corrected chi connectivity index (χ3v) is 1.95. The van der Waals surface area contributed by atoms with E-state index in [1.54, 1.807) is 0 Å². The number of aliphatic hydroxyl groups excluding tert-OH is 3. The van der Waals surface area contributed by atoms with E-state index in [4.69, 9.17) is 14.9 Å². The molecule has 0 radical (unpaired) electrons. The van der Waals surface area contributed by atoms with Gasteiger partial charge in [-0.05, 0) is 6.42 Å². The molecule has 0 saturated carbocycles. The van der Waals surface area contributed by atoms with Gasteiger partial charge in [-0.25, -0.2) is 0 Å². The van der Waals surface area contributed by atoms with Crippen LogP contribution in [0.15, 0.2) is 0 Å². The van der Waals surface area contributed by atoms with E-state index in [-0.39, 0.29) is 6.42 Å². The monoisotopic (exact) mass is 192 g/mol. The first-order valence-corrected chi connectivity index (χ1v) is 4.84. The molecule has 3 N–H and O–H groups in total. The summed E-state index contributed by atoms with van der Waals surface area (Å²) < 4.78 is 4.96. The highest BCUT2D eigenvalue weighted by Crippen LogP contribution is 2.20. The largest absolute Gasteiger partial charge is 0.390 e. The zero-order valence-corrected chi connectivity index (χ0v) is 8.47. The van der Waals surface area contributed by atoms with Crippen LogP contribution < -0.4 is 0 Å². The van der Waals surface area contributed by atoms with Crippen molar-refractivity contribution in [3.05, 3.63) is 0 Å². The van der Waals surface area contributed by atoms with E-state index < -0.39 is 24.6 Å². The smallest absolute Gasteiger partial charge is 0.157 e. The molecule has 0 aromatic carbocycles. The van der Waals surface area contributed by atoms with Crippen molar-refractivity contribution >= 4 is 0 Å². The molecule has 0 aromatic heterocycles. The van der Waals surface area contributed by atoms with E-state index >= 15 is 0 Å². The van der Waals surface area contributed by atoms with Gasteiger partial charge < -0.3 is 20.1 Å². The Bertz CT molecular complexity index is 129. The number of ether oxygens (including phenoxy) is 1.